The smallest absolute Gasteiger partial charge is 0.317 e. The Balaban J connectivity index is 1.67. The molecule has 0 radical (unpaired) electrons. The molecule has 27 heavy (non-hydrogen) atoms. The molecule has 0 amide bonds. The number of morpholine rings is 1. The summed E-state index contributed by atoms with van der Waals surface area (Å²) in [4.78, 5) is 14.9. The Morgan fingerprint density at radius 1 is 1.33 bits per heavy atom. The standard InChI is InChI=1S/C21H34N2O4/c1-21(2,3)17-6-8-18(9-7-17)26-12-5-10-23-11-13-27-19(15-23)14-22(4)16-20(24)25/h6-9,19H,5,10-16H2,1-4H3,(H,24,25). The summed E-state index contributed by atoms with van der Waals surface area (Å²) in [6.07, 6.45) is 1.02. The van der Waals surface area contributed by atoms with Crippen molar-refractivity contribution in [2.45, 2.75) is 38.7 Å². The lowest BCUT2D eigenvalue weighted by Gasteiger charge is -2.34. The summed E-state index contributed by atoms with van der Waals surface area (Å²) in [6, 6.07) is 8.36. The zero-order chi connectivity index (χ0) is 19.9. The van der Waals surface area contributed by atoms with Crippen LogP contribution in [0.2, 0.25) is 0 Å². The molecule has 0 bridgehead atoms. The second-order valence-corrected chi connectivity index (χ2v) is 8.36. The number of likely N-dealkylation sites (N-methyl/N-ethyl adjacent to an activating group) is 1. The predicted molar refractivity (Wildman–Crippen MR) is 107 cm³/mol. The molecule has 1 aliphatic heterocycles. The molecule has 0 aliphatic carbocycles. The van der Waals surface area contributed by atoms with Crippen LogP contribution in [-0.2, 0) is 14.9 Å². The maximum Gasteiger partial charge on any atom is 0.317 e. The van der Waals surface area contributed by atoms with Crippen molar-refractivity contribution in [1.82, 2.24) is 9.80 Å². The van der Waals surface area contributed by atoms with Crippen molar-refractivity contribution in [2.75, 3.05) is 53.0 Å². The fourth-order valence-corrected chi connectivity index (χ4v) is 3.27. The number of rotatable bonds is 9. The topological polar surface area (TPSA) is 62.2 Å². The van der Waals surface area contributed by atoms with Crippen LogP contribution >= 0.6 is 0 Å². The highest BCUT2D eigenvalue weighted by atomic mass is 16.5. The maximum atomic E-state index is 10.8. The molecule has 0 spiro atoms. The van der Waals surface area contributed by atoms with Crippen molar-refractivity contribution in [3.8, 4) is 5.75 Å². The third kappa shape index (κ3) is 7.87. The van der Waals surface area contributed by atoms with Crippen LogP contribution in [0.3, 0.4) is 0 Å². The van der Waals surface area contributed by atoms with Crippen molar-refractivity contribution in [2.24, 2.45) is 0 Å². The van der Waals surface area contributed by atoms with Gasteiger partial charge in [-0.25, -0.2) is 0 Å². The van der Waals surface area contributed by atoms with Gasteiger partial charge in [-0.2, -0.15) is 0 Å². The van der Waals surface area contributed by atoms with E-state index in [0.717, 1.165) is 31.8 Å². The molecule has 1 unspecified atom stereocenters. The Bertz CT molecular complexity index is 583. The third-order valence-electron chi connectivity index (χ3n) is 4.75. The van der Waals surface area contributed by atoms with Crippen LogP contribution < -0.4 is 4.74 Å². The number of carboxylic acids is 1. The van der Waals surface area contributed by atoms with Gasteiger partial charge in [-0.15, -0.1) is 0 Å². The lowest BCUT2D eigenvalue weighted by atomic mass is 9.87. The molecule has 1 atom stereocenters. The van der Waals surface area contributed by atoms with Gasteiger partial charge in [0.2, 0.25) is 0 Å². The van der Waals surface area contributed by atoms with Crippen LogP contribution in [0.5, 0.6) is 5.75 Å². The average Bonchev–Trinajstić information content (AvgIpc) is 2.58. The summed E-state index contributed by atoms with van der Waals surface area (Å²) in [6.45, 7) is 11.4. The fourth-order valence-electron chi connectivity index (χ4n) is 3.27. The van der Waals surface area contributed by atoms with E-state index in [1.54, 1.807) is 4.90 Å². The maximum absolute atomic E-state index is 10.8. The van der Waals surface area contributed by atoms with Crippen LogP contribution in [-0.4, -0.2) is 80.0 Å². The second kappa shape index (κ2) is 10.1. The van der Waals surface area contributed by atoms with Crippen molar-refractivity contribution >= 4 is 5.97 Å². The van der Waals surface area contributed by atoms with E-state index in [2.05, 4.69) is 37.8 Å². The molecule has 6 nitrogen and oxygen atoms in total. The molecule has 1 aliphatic rings. The molecule has 1 saturated heterocycles. The zero-order valence-corrected chi connectivity index (χ0v) is 17.1. The van der Waals surface area contributed by atoms with Gasteiger partial charge in [-0.3, -0.25) is 14.6 Å². The second-order valence-electron chi connectivity index (χ2n) is 8.36. The van der Waals surface area contributed by atoms with Crippen LogP contribution in [0.25, 0.3) is 0 Å². The van der Waals surface area contributed by atoms with E-state index >= 15 is 0 Å². The number of ether oxygens (including phenoxy) is 2. The van der Waals surface area contributed by atoms with Gasteiger partial charge in [0.25, 0.3) is 0 Å². The van der Waals surface area contributed by atoms with Crippen molar-refractivity contribution in [1.29, 1.82) is 0 Å². The summed E-state index contributed by atoms with van der Waals surface area (Å²) in [5, 5.41) is 8.85. The average molecular weight is 379 g/mol. The van der Waals surface area contributed by atoms with Gasteiger partial charge in [-0.05, 0) is 36.6 Å². The molecule has 2 rings (SSSR count). The Morgan fingerprint density at radius 3 is 2.67 bits per heavy atom. The fraction of sp³-hybridized carbons (Fsp3) is 0.667. The summed E-state index contributed by atoms with van der Waals surface area (Å²) in [7, 11) is 1.81. The molecule has 1 N–H and O–H groups in total. The minimum absolute atomic E-state index is 0.0434. The third-order valence-corrected chi connectivity index (χ3v) is 4.75. The van der Waals surface area contributed by atoms with E-state index in [4.69, 9.17) is 14.6 Å². The molecule has 1 aromatic carbocycles. The quantitative estimate of drug-likeness (QED) is 0.666. The van der Waals surface area contributed by atoms with Gasteiger partial charge in [-0.1, -0.05) is 32.9 Å². The summed E-state index contributed by atoms with van der Waals surface area (Å²) in [5.74, 6) is 0.107. The summed E-state index contributed by atoms with van der Waals surface area (Å²) < 4.78 is 11.6. The molecule has 0 aromatic heterocycles. The number of hydrogen-bond donors (Lipinski definition) is 1. The van der Waals surface area contributed by atoms with Gasteiger partial charge in [0.15, 0.2) is 0 Å². The first-order chi connectivity index (χ1) is 12.7. The number of carboxylic acid groups (broad SMARTS) is 1. The molecule has 6 heteroatoms. The first-order valence-corrected chi connectivity index (χ1v) is 9.71. The molecular formula is C21H34N2O4. The van der Waals surface area contributed by atoms with Crippen LogP contribution in [0.1, 0.15) is 32.8 Å². The van der Waals surface area contributed by atoms with E-state index in [0.29, 0.717) is 19.8 Å². The van der Waals surface area contributed by atoms with Gasteiger partial charge in [0.1, 0.15) is 5.75 Å². The van der Waals surface area contributed by atoms with Gasteiger partial charge >= 0.3 is 5.97 Å². The highest BCUT2D eigenvalue weighted by Crippen LogP contribution is 2.24. The van der Waals surface area contributed by atoms with Crippen LogP contribution in [0.4, 0.5) is 0 Å². The summed E-state index contributed by atoms with van der Waals surface area (Å²) >= 11 is 0. The monoisotopic (exact) mass is 378 g/mol. The minimum atomic E-state index is -0.808. The number of benzene rings is 1. The Labute approximate surface area is 163 Å². The first-order valence-electron chi connectivity index (χ1n) is 9.71. The Morgan fingerprint density at radius 2 is 2.04 bits per heavy atom. The highest BCUT2D eigenvalue weighted by molar-refractivity contribution is 5.69. The molecule has 152 valence electrons. The van der Waals surface area contributed by atoms with Crippen molar-refractivity contribution < 1.29 is 19.4 Å². The molecule has 1 aromatic rings. The highest BCUT2D eigenvalue weighted by Gasteiger charge is 2.22. The predicted octanol–water partition coefficient (Wildman–Crippen LogP) is 2.47. The lowest BCUT2D eigenvalue weighted by molar-refractivity contribution is -0.138. The van der Waals surface area contributed by atoms with Gasteiger partial charge in [0, 0.05) is 26.2 Å². The Kier molecular flexibility index (Phi) is 8.07. The van der Waals surface area contributed by atoms with Crippen molar-refractivity contribution in [3.63, 3.8) is 0 Å². The van der Waals surface area contributed by atoms with E-state index in [-0.39, 0.29) is 18.1 Å². The van der Waals surface area contributed by atoms with Gasteiger partial charge < -0.3 is 14.6 Å². The van der Waals surface area contributed by atoms with Crippen LogP contribution in [0, 0.1) is 0 Å². The number of carbonyl (C=O) groups is 1. The number of aliphatic carboxylic acids is 1. The molecule has 0 saturated carbocycles. The summed E-state index contributed by atoms with van der Waals surface area (Å²) in [5.41, 5.74) is 1.46. The molecule has 1 fully saturated rings. The molecular weight excluding hydrogens is 344 g/mol. The number of nitrogens with zero attached hydrogens (tertiary/aromatic N) is 2. The van der Waals surface area contributed by atoms with E-state index in [1.165, 1.54) is 5.56 Å². The number of hydrogen-bond acceptors (Lipinski definition) is 5. The largest absolute Gasteiger partial charge is 0.494 e. The van der Waals surface area contributed by atoms with E-state index in [1.807, 2.05) is 19.2 Å². The Hall–Kier alpha value is -1.63. The zero-order valence-electron chi connectivity index (χ0n) is 17.1. The minimum Gasteiger partial charge on any atom is -0.494 e. The first kappa shape index (κ1) is 21.7. The normalized spacial score (nSPS) is 18.6. The lowest BCUT2D eigenvalue weighted by Crippen LogP contribution is -2.47. The van der Waals surface area contributed by atoms with Crippen LogP contribution in [0.15, 0.2) is 24.3 Å². The SMILES string of the molecule is CN(CC(=O)O)CC1CN(CCCOc2ccc(C(C)(C)C)cc2)CCO1. The van der Waals surface area contributed by atoms with Crippen molar-refractivity contribution in [3.05, 3.63) is 29.8 Å². The van der Waals surface area contributed by atoms with E-state index < -0.39 is 5.97 Å². The molecule has 1 heterocycles. The van der Waals surface area contributed by atoms with E-state index in [9.17, 15) is 4.79 Å². The van der Waals surface area contributed by atoms with Gasteiger partial charge in [0.05, 0.1) is 25.9 Å².